The number of aromatic amines is 2. The Bertz CT molecular complexity index is 1010. The first-order valence-corrected chi connectivity index (χ1v) is 8.29. The Balaban J connectivity index is 1.63. The molecule has 0 fully saturated rings. The molecule has 8 heteroatoms. The Hall–Kier alpha value is -2.74. The zero-order valence-corrected chi connectivity index (χ0v) is 13.3. The van der Waals surface area contributed by atoms with E-state index in [0.717, 1.165) is 16.4 Å². The van der Waals surface area contributed by atoms with Gasteiger partial charge in [0.15, 0.2) is 5.13 Å². The van der Waals surface area contributed by atoms with E-state index in [1.807, 2.05) is 10.3 Å². The summed E-state index contributed by atoms with van der Waals surface area (Å²) in [6, 6.07) is 6.19. The lowest BCUT2D eigenvalue weighted by molar-refractivity contribution is 0.628. The third-order valence-electron chi connectivity index (χ3n) is 4.01. The lowest BCUT2D eigenvalue weighted by Crippen LogP contribution is -2.38. The quantitative estimate of drug-likeness (QED) is 0.744. The lowest BCUT2D eigenvalue weighted by atomic mass is 10.1. The van der Waals surface area contributed by atoms with Crippen LogP contribution in [0.25, 0.3) is 11.3 Å². The Morgan fingerprint density at radius 3 is 2.75 bits per heavy atom. The first-order chi connectivity index (χ1) is 11.6. The van der Waals surface area contributed by atoms with Gasteiger partial charge in [0.25, 0.3) is 5.56 Å². The van der Waals surface area contributed by atoms with Gasteiger partial charge in [-0.1, -0.05) is 0 Å². The van der Waals surface area contributed by atoms with Gasteiger partial charge in [-0.3, -0.25) is 9.78 Å². The second-order valence-electron chi connectivity index (χ2n) is 5.56. The number of aromatic nitrogens is 3. The Morgan fingerprint density at radius 1 is 1.17 bits per heavy atom. The van der Waals surface area contributed by atoms with Crippen molar-refractivity contribution in [3.63, 3.8) is 0 Å². The van der Waals surface area contributed by atoms with Crippen molar-refractivity contribution in [1.82, 2.24) is 15.0 Å². The van der Waals surface area contributed by atoms with E-state index < -0.39 is 5.69 Å². The van der Waals surface area contributed by atoms with E-state index in [2.05, 4.69) is 15.0 Å². The first-order valence-electron chi connectivity index (χ1n) is 7.41. The minimum Gasteiger partial charge on any atom is -0.342 e. The minimum absolute atomic E-state index is 0.281. The summed E-state index contributed by atoms with van der Waals surface area (Å²) >= 11 is 1.48. The normalized spacial score (nSPS) is 13.8. The summed E-state index contributed by atoms with van der Waals surface area (Å²) in [5.74, 6) is -0.281. The summed E-state index contributed by atoms with van der Waals surface area (Å²) in [6.07, 6.45) is 0.549. The summed E-state index contributed by atoms with van der Waals surface area (Å²) in [6.45, 7) is 1.09. The highest BCUT2D eigenvalue weighted by atomic mass is 32.1. The van der Waals surface area contributed by atoms with Crippen molar-refractivity contribution in [1.29, 1.82) is 0 Å². The molecule has 0 bridgehead atoms. The molecule has 0 atom stereocenters. The molecule has 0 spiro atoms. The Kier molecular flexibility index (Phi) is 3.53. The van der Waals surface area contributed by atoms with Crippen LogP contribution in [0.5, 0.6) is 0 Å². The summed E-state index contributed by atoms with van der Waals surface area (Å²) < 4.78 is 13.0. The molecule has 24 heavy (non-hydrogen) atoms. The summed E-state index contributed by atoms with van der Waals surface area (Å²) in [5, 5.41) is 2.72. The molecule has 0 amide bonds. The van der Waals surface area contributed by atoms with Crippen LogP contribution in [0.4, 0.5) is 9.52 Å². The van der Waals surface area contributed by atoms with Crippen LogP contribution >= 0.6 is 11.3 Å². The van der Waals surface area contributed by atoms with Crippen LogP contribution in [0.3, 0.4) is 0 Å². The van der Waals surface area contributed by atoms with Gasteiger partial charge in [-0.05, 0) is 30.7 Å². The van der Waals surface area contributed by atoms with Crippen LogP contribution in [-0.4, -0.2) is 21.5 Å². The van der Waals surface area contributed by atoms with E-state index in [9.17, 15) is 14.0 Å². The lowest BCUT2D eigenvalue weighted by Gasteiger charge is -2.27. The number of hydrogen-bond acceptors (Lipinski definition) is 5. The molecule has 1 aliphatic rings. The highest BCUT2D eigenvalue weighted by Gasteiger charge is 2.22. The van der Waals surface area contributed by atoms with Crippen LogP contribution in [0.15, 0.2) is 39.2 Å². The fourth-order valence-electron chi connectivity index (χ4n) is 2.80. The average Bonchev–Trinajstić information content (AvgIpc) is 3.05. The molecule has 0 radical (unpaired) electrons. The van der Waals surface area contributed by atoms with Gasteiger partial charge in [0.05, 0.1) is 12.2 Å². The van der Waals surface area contributed by atoms with Crippen LogP contribution in [0.2, 0.25) is 0 Å². The number of nitrogens with zero attached hydrogens (tertiary/aromatic N) is 2. The molecule has 0 saturated carbocycles. The molecule has 1 aliphatic heterocycles. The molecular formula is C16H13FN4O2S. The number of benzene rings is 1. The predicted octanol–water partition coefficient (Wildman–Crippen LogP) is 1.89. The van der Waals surface area contributed by atoms with E-state index in [1.165, 1.54) is 23.5 Å². The molecule has 3 aromatic rings. The molecule has 3 heterocycles. The van der Waals surface area contributed by atoms with Crippen molar-refractivity contribution in [3.8, 4) is 11.3 Å². The first kappa shape index (κ1) is 14.8. The standard InChI is InChI=1S/C16H13FN4O2S/c17-10-3-1-9(2-4-10)13-8-24-16(19-13)21-6-5-11-12(7-21)18-15(23)20-14(11)22/h1-4,8H,5-7H2,(H2,18,20,22,23). The maximum Gasteiger partial charge on any atom is 0.325 e. The number of anilines is 1. The van der Waals surface area contributed by atoms with Gasteiger partial charge >= 0.3 is 5.69 Å². The SMILES string of the molecule is O=c1[nH]c2c(c(=O)[nH]1)CCN(c1nc(-c3ccc(F)cc3)cs1)C2. The highest BCUT2D eigenvalue weighted by molar-refractivity contribution is 7.14. The maximum absolute atomic E-state index is 13.0. The number of H-pyrrole nitrogens is 2. The van der Waals surface area contributed by atoms with Gasteiger partial charge in [0, 0.05) is 28.7 Å². The van der Waals surface area contributed by atoms with Gasteiger partial charge in [-0.25, -0.2) is 14.2 Å². The topological polar surface area (TPSA) is 81.8 Å². The second kappa shape index (κ2) is 5.72. The van der Waals surface area contributed by atoms with Crippen molar-refractivity contribution in [2.24, 2.45) is 0 Å². The third-order valence-corrected chi connectivity index (χ3v) is 4.91. The van der Waals surface area contributed by atoms with Crippen LogP contribution in [0, 0.1) is 5.82 Å². The fraction of sp³-hybridized carbons (Fsp3) is 0.188. The number of hydrogen-bond donors (Lipinski definition) is 2. The molecule has 0 aliphatic carbocycles. The van der Waals surface area contributed by atoms with Crippen LogP contribution in [0.1, 0.15) is 11.3 Å². The zero-order chi connectivity index (χ0) is 16.7. The number of rotatable bonds is 2. The molecule has 2 aromatic heterocycles. The molecule has 1 aromatic carbocycles. The second-order valence-corrected chi connectivity index (χ2v) is 6.40. The maximum atomic E-state index is 13.0. The van der Waals surface area contributed by atoms with E-state index in [0.29, 0.717) is 30.8 Å². The van der Waals surface area contributed by atoms with Gasteiger partial charge in [-0.15, -0.1) is 11.3 Å². The molecule has 4 rings (SSSR count). The number of halogens is 1. The summed E-state index contributed by atoms with van der Waals surface area (Å²) in [7, 11) is 0. The minimum atomic E-state index is -0.494. The molecule has 122 valence electrons. The van der Waals surface area contributed by atoms with E-state index in [-0.39, 0.29) is 11.4 Å². The smallest absolute Gasteiger partial charge is 0.325 e. The van der Waals surface area contributed by atoms with Gasteiger partial charge in [0.1, 0.15) is 5.82 Å². The molecular weight excluding hydrogens is 331 g/mol. The molecule has 0 saturated heterocycles. The van der Waals surface area contributed by atoms with Crippen LogP contribution in [-0.2, 0) is 13.0 Å². The largest absolute Gasteiger partial charge is 0.342 e. The van der Waals surface area contributed by atoms with Crippen LogP contribution < -0.4 is 16.1 Å². The summed E-state index contributed by atoms with van der Waals surface area (Å²) in [5.41, 5.74) is 2.07. The van der Waals surface area contributed by atoms with E-state index >= 15 is 0 Å². The highest BCUT2D eigenvalue weighted by Crippen LogP contribution is 2.29. The molecule has 0 unspecified atom stereocenters. The molecule has 2 N–H and O–H groups in total. The van der Waals surface area contributed by atoms with Crippen molar-refractivity contribution < 1.29 is 4.39 Å². The number of nitrogens with one attached hydrogen (secondary N) is 2. The molecule has 6 nitrogen and oxygen atoms in total. The zero-order valence-electron chi connectivity index (χ0n) is 12.5. The average molecular weight is 344 g/mol. The van der Waals surface area contributed by atoms with Crippen molar-refractivity contribution in [3.05, 3.63) is 67.6 Å². The monoisotopic (exact) mass is 344 g/mol. The van der Waals surface area contributed by atoms with E-state index in [1.54, 1.807) is 12.1 Å². The summed E-state index contributed by atoms with van der Waals surface area (Å²) in [4.78, 5) is 34.8. The van der Waals surface area contributed by atoms with Crippen molar-refractivity contribution in [2.45, 2.75) is 13.0 Å². The van der Waals surface area contributed by atoms with E-state index in [4.69, 9.17) is 0 Å². The predicted molar refractivity (Wildman–Crippen MR) is 89.9 cm³/mol. The van der Waals surface area contributed by atoms with Gasteiger partial charge in [0.2, 0.25) is 0 Å². The van der Waals surface area contributed by atoms with Crippen molar-refractivity contribution in [2.75, 3.05) is 11.4 Å². The Morgan fingerprint density at radius 2 is 1.96 bits per heavy atom. The van der Waals surface area contributed by atoms with Gasteiger partial charge < -0.3 is 9.88 Å². The van der Waals surface area contributed by atoms with Gasteiger partial charge in [-0.2, -0.15) is 0 Å². The number of fused-ring (bicyclic) bond motifs is 1. The fourth-order valence-corrected chi connectivity index (χ4v) is 3.66. The Labute approximate surface area is 139 Å². The third kappa shape index (κ3) is 2.65. The van der Waals surface area contributed by atoms with Crippen molar-refractivity contribution >= 4 is 16.5 Å². The number of thiazole rings is 1.